The molecule has 3 aromatic rings. The number of aryl methyl sites for hydroxylation is 1. The minimum Gasteiger partial charge on any atom is -0.459 e. The van der Waals surface area contributed by atoms with Crippen molar-refractivity contribution in [2.45, 2.75) is 78.1 Å². The molecule has 43 heavy (non-hydrogen) atoms. The van der Waals surface area contributed by atoms with E-state index in [4.69, 9.17) is 4.74 Å². The number of nitrogens with zero attached hydrogens (tertiary/aromatic N) is 1. The number of hydrogen-bond donors (Lipinski definition) is 1. The molecule has 230 valence electrons. The average molecular weight is 597 g/mol. The molecule has 0 saturated heterocycles. The zero-order chi connectivity index (χ0) is 31.2. The van der Waals surface area contributed by atoms with Gasteiger partial charge in [-0.05, 0) is 72.9 Å². The number of alkyl halides is 3. The van der Waals surface area contributed by atoms with Crippen LogP contribution in [0.25, 0.3) is 0 Å². The summed E-state index contributed by atoms with van der Waals surface area (Å²) in [4.78, 5) is 38.9. The second-order valence-corrected chi connectivity index (χ2v) is 10.4. The first-order chi connectivity index (χ1) is 20.6. The van der Waals surface area contributed by atoms with E-state index in [9.17, 15) is 27.6 Å². The van der Waals surface area contributed by atoms with Crippen molar-refractivity contribution in [3.05, 3.63) is 101 Å². The number of benzene rings is 3. The highest BCUT2D eigenvalue weighted by atomic mass is 19.4. The summed E-state index contributed by atoms with van der Waals surface area (Å²) in [6.45, 7) is 3.70. The van der Waals surface area contributed by atoms with E-state index in [2.05, 4.69) is 12.2 Å². The van der Waals surface area contributed by atoms with E-state index in [1.54, 1.807) is 31.2 Å². The first-order valence-electron chi connectivity index (χ1n) is 14.7. The molecule has 3 rings (SSSR count). The minimum absolute atomic E-state index is 0.00691. The smallest absolute Gasteiger partial charge is 0.416 e. The Labute approximate surface area is 251 Å². The standard InChI is InChI=1S/C34H39F3N2O4/c1-3-5-6-7-8-9-10-25-11-17-28(18-12-25)31(40)38-30-21-15-27(16-22-30)24-39(32(41)33(42)43-4-2)23-26-13-19-29(20-14-26)34(35,36)37/h11-22H,3-10,23-24H2,1-2H3,(H,38,40). The van der Waals surface area contributed by atoms with Gasteiger partial charge in [0.1, 0.15) is 0 Å². The van der Waals surface area contributed by atoms with Gasteiger partial charge in [-0.15, -0.1) is 0 Å². The predicted molar refractivity (Wildman–Crippen MR) is 160 cm³/mol. The number of ether oxygens (including phenoxy) is 1. The highest BCUT2D eigenvalue weighted by Gasteiger charge is 2.30. The minimum atomic E-state index is -4.48. The average Bonchev–Trinajstić information content (AvgIpc) is 2.99. The van der Waals surface area contributed by atoms with E-state index in [0.717, 1.165) is 25.0 Å². The number of unbranched alkanes of at least 4 members (excludes halogenated alkanes) is 5. The molecular formula is C34H39F3N2O4. The van der Waals surface area contributed by atoms with Gasteiger partial charge in [0, 0.05) is 24.3 Å². The third-order valence-corrected chi connectivity index (χ3v) is 7.01. The van der Waals surface area contributed by atoms with Gasteiger partial charge in [0.15, 0.2) is 0 Å². The van der Waals surface area contributed by atoms with Crippen molar-refractivity contribution in [2.75, 3.05) is 11.9 Å². The zero-order valence-corrected chi connectivity index (χ0v) is 24.7. The fourth-order valence-corrected chi connectivity index (χ4v) is 4.59. The van der Waals surface area contributed by atoms with E-state index in [1.165, 1.54) is 54.7 Å². The Morgan fingerprint density at radius 2 is 1.26 bits per heavy atom. The molecule has 0 aliphatic rings. The molecule has 0 saturated carbocycles. The molecule has 0 unspecified atom stereocenters. The highest BCUT2D eigenvalue weighted by molar-refractivity contribution is 6.32. The molecule has 2 amide bonds. The number of halogens is 3. The number of carbonyl (C=O) groups excluding carboxylic acids is 3. The lowest BCUT2D eigenvalue weighted by Crippen LogP contribution is -2.36. The molecule has 0 aromatic heterocycles. The van der Waals surface area contributed by atoms with Crippen LogP contribution in [0.5, 0.6) is 0 Å². The van der Waals surface area contributed by atoms with Crippen LogP contribution in [-0.2, 0) is 40.0 Å². The Kier molecular flexibility index (Phi) is 12.8. The largest absolute Gasteiger partial charge is 0.459 e. The molecule has 0 heterocycles. The molecule has 0 aliphatic heterocycles. The normalized spacial score (nSPS) is 11.2. The second kappa shape index (κ2) is 16.5. The SMILES string of the molecule is CCCCCCCCc1ccc(C(=O)Nc2ccc(CN(Cc3ccc(C(F)(F)F)cc3)C(=O)C(=O)OCC)cc2)cc1. The van der Waals surface area contributed by atoms with Gasteiger partial charge < -0.3 is 15.0 Å². The maximum atomic E-state index is 12.9. The molecule has 0 aliphatic carbocycles. The number of rotatable bonds is 14. The molecule has 0 bridgehead atoms. The van der Waals surface area contributed by atoms with Gasteiger partial charge in [-0.3, -0.25) is 9.59 Å². The fraction of sp³-hybridized carbons (Fsp3) is 0.382. The van der Waals surface area contributed by atoms with E-state index in [0.29, 0.717) is 22.4 Å². The lowest BCUT2D eigenvalue weighted by molar-refractivity contribution is -0.160. The van der Waals surface area contributed by atoms with Crippen LogP contribution in [0.1, 0.15) is 85.0 Å². The quantitative estimate of drug-likeness (QED) is 0.116. The van der Waals surface area contributed by atoms with Crippen LogP contribution in [-0.4, -0.2) is 29.3 Å². The second-order valence-electron chi connectivity index (χ2n) is 10.4. The summed E-state index contributed by atoms with van der Waals surface area (Å²) in [7, 11) is 0. The van der Waals surface area contributed by atoms with Crippen molar-refractivity contribution >= 4 is 23.5 Å². The van der Waals surface area contributed by atoms with Gasteiger partial charge >= 0.3 is 18.1 Å². The van der Waals surface area contributed by atoms with E-state index >= 15 is 0 Å². The van der Waals surface area contributed by atoms with Crippen molar-refractivity contribution in [2.24, 2.45) is 0 Å². The summed E-state index contributed by atoms with van der Waals surface area (Å²) in [5.41, 5.74) is 2.57. The molecule has 9 heteroatoms. The fourth-order valence-electron chi connectivity index (χ4n) is 4.59. The Bertz CT molecular complexity index is 1320. The van der Waals surface area contributed by atoms with Gasteiger partial charge in [-0.2, -0.15) is 13.2 Å². The Morgan fingerprint density at radius 1 is 0.721 bits per heavy atom. The van der Waals surface area contributed by atoms with Crippen LogP contribution in [0, 0.1) is 0 Å². The summed E-state index contributed by atoms with van der Waals surface area (Å²) in [6, 6.07) is 18.8. The topological polar surface area (TPSA) is 75.7 Å². The third kappa shape index (κ3) is 10.9. The van der Waals surface area contributed by atoms with Crippen molar-refractivity contribution in [3.63, 3.8) is 0 Å². The monoisotopic (exact) mass is 596 g/mol. The molecule has 0 fully saturated rings. The summed E-state index contributed by atoms with van der Waals surface area (Å²) in [6.07, 6.45) is 3.91. The lowest BCUT2D eigenvalue weighted by atomic mass is 10.0. The van der Waals surface area contributed by atoms with E-state index < -0.39 is 23.6 Å². The summed E-state index contributed by atoms with van der Waals surface area (Å²) in [5.74, 6) is -2.20. The molecule has 0 atom stereocenters. The molecule has 0 radical (unpaired) electrons. The van der Waals surface area contributed by atoms with Crippen LogP contribution in [0.15, 0.2) is 72.8 Å². The zero-order valence-electron chi connectivity index (χ0n) is 24.7. The molecule has 0 spiro atoms. The first kappa shape index (κ1) is 33.4. The maximum absolute atomic E-state index is 12.9. The van der Waals surface area contributed by atoms with Gasteiger partial charge in [0.25, 0.3) is 5.91 Å². The van der Waals surface area contributed by atoms with Gasteiger partial charge in [-0.25, -0.2) is 4.79 Å². The number of anilines is 1. The number of hydrogen-bond acceptors (Lipinski definition) is 4. The first-order valence-corrected chi connectivity index (χ1v) is 14.7. The van der Waals surface area contributed by atoms with Crippen LogP contribution in [0.3, 0.4) is 0 Å². The Balaban J connectivity index is 1.60. The van der Waals surface area contributed by atoms with Crippen molar-refractivity contribution in [1.29, 1.82) is 0 Å². The van der Waals surface area contributed by atoms with Crippen LogP contribution < -0.4 is 5.32 Å². The summed E-state index contributed by atoms with van der Waals surface area (Å²) >= 11 is 0. The van der Waals surface area contributed by atoms with Gasteiger partial charge in [0.05, 0.1) is 12.2 Å². The van der Waals surface area contributed by atoms with Crippen LogP contribution >= 0.6 is 0 Å². The molecule has 1 N–H and O–H groups in total. The van der Waals surface area contributed by atoms with Gasteiger partial charge in [-0.1, -0.05) is 75.4 Å². The number of nitrogens with one attached hydrogen (secondary N) is 1. The Hall–Kier alpha value is -4.14. The number of carbonyl (C=O) groups is 3. The molecule has 3 aromatic carbocycles. The number of amides is 2. The third-order valence-electron chi connectivity index (χ3n) is 7.01. The van der Waals surface area contributed by atoms with E-state index in [-0.39, 0.29) is 25.6 Å². The lowest BCUT2D eigenvalue weighted by Gasteiger charge is -2.22. The summed E-state index contributed by atoms with van der Waals surface area (Å²) < 4.78 is 43.7. The number of esters is 1. The van der Waals surface area contributed by atoms with Crippen molar-refractivity contribution < 1.29 is 32.3 Å². The van der Waals surface area contributed by atoms with Crippen molar-refractivity contribution in [1.82, 2.24) is 4.90 Å². The molecular weight excluding hydrogens is 557 g/mol. The highest BCUT2D eigenvalue weighted by Crippen LogP contribution is 2.29. The van der Waals surface area contributed by atoms with Crippen LogP contribution in [0.2, 0.25) is 0 Å². The van der Waals surface area contributed by atoms with Crippen molar-refractivity contribution in [3.8, 4) is 0 Å². The maximum Gasteiger partial charge on any atom is 0.416 e. The van der Waals surface area contributed by atoms with Crippen LogP contribution in [0.4, 0.5) is 18.9 Å². The predicted octanol–water partition coefficient (Wildman–Crippen LogP) is 7.95. The summed E-state index contributed by atoms with van der Waals surface area (Å²) in [5, 5.41) is 2.86. The van der Waals surface area contributed by atoms with Gasteiger partial charge in [0.2, 0.25) is 0 Å². The molecule has 6 nitrogen and oxygen atoms in total. The Morgan fingerprint density at radius 3 is 1.81 bits per heavy atom. The van der Waals surface area contributed by atoms with E-state index in [1.807, 2.05) is 24.3 Å².